The van der Waals surface area contributed by atoms with Crippen molar-refractivity contribution in [2.45, 2.75) is 30.9 Å². The second kappa shape index (κ2) is 7.22. The Bertz CT molecular complexity index is 555. The summed E-state index contributed by atoms with van der Waals surface area (Å²) in [7, 11) is -17.0. The van der Waals surface area contributed by atoms with Gasteiger partial charge >= 0.3 is 23.5 Å². The van der Waals surface area contributed by atoms with E-state index in [-0.39, 0.29) is 0 Å². The van der Waals surface area contributed by atoms with Crippen LogP contribution in [0, 0.1) is 0 Å². The van der Waals surface area contributed by atoms with E-state index < -0.39 is 54.4 Å². The fourth-order valence-corrected chi connectivity index (χ4v) is 4.44. The van der Waals surface area contributed by atoms with Crippen LogP contribution in [0.15, 0.2) is 0 Å². The van der Waals surface area contributed by atoms with Crippen molar-refractivity contribution < 1.29 is 71.6 Å². The Morgan fingerprint density at radius 2 is 1.26 bits per heavy atom. The first-order chi connectivity index (χ1) is 10.1. The van der Waals surface area contributed by atoms with Gasteiger partial charge in [0.05, 0.1) is 0 Å². The fourth-order valence-electron chi connectivity index (χ4n) is 1.35. The quantitative estimate of drug-likeness (QED) is 0.206. The summed E-state index contributed by atoms with van der Waals surface area (Å²) in [5, 5.41) is 37.0. The highest BCUT2D eigenvalue weighted by molar-refractivity contribution is 7.66. The number of hydrogen-bond donors (Lipinski definition) is 8. The van der Waals surface area contributed by atoms with E-state index in [9.17, 15) is 28.8 Å². The zero-order chi connectivity index (χ0) is 18.2. The Morgan fingerprint density at radius 3 is 1.74 bits per heavy atom. The van der Waals surface area contributed by atoms with Crippen LogP contribution in [0.5, 0.6) is 0 Å². The molecule has 0 amide bonds. The van der Waals surface area contributed by atoms with Crippen LogP contribution in [-0.4, -0.2) is 70.9 Å². The van der Waals surface area contributed by atoms with Crippen LogP contribution in [0.3, 0.4) is 0 Å². The molecule has 0 bridgehead atoms. The Labute approximate surface area is 127 Å². The zero-order valence-electron chi connectivity index (χ0n) is 10.7. The summed E-state index contributed by atoms with van der Waals surface area (Å²) in [6.07, 6.45) is -10.7. The lowest BCUT2D eigenvalue weighted by atomic mass is 10.0. The predicted octanol–water partition coefficient (Wildman–Crippen LogP) is -2.91. The first-order valence-electron chi connectivity index (χ1n) is 5.33. The summed E-state index contributed by atoms with van der Waals surface area (Å²) in [6, 6.07) is 0. The van der Waals surface area contributed by atoms with Crippen molar-refractivity contribution in [3.63, 3.8) is 0 Å². The van der Waals surface area contributed by atoms with Crippen molar-refractivity contribution in [2.24, 2.45) is 0 Å². The van der Waals surface area contributed by atoms with Gasteiger partial charge in [0.25, 0.3) is 0 Å². The van der Waals surface area contributed by atoms with E-state index in [1.807, 2.05) is 0 Å². The van der Waals surface area contributed by atoms with Crippen molar-refractivity contribution >= 4 is 23.5 Å². The largest absolute Gasteiger partial charge is 0.490 e. The molecule has 1 heterocycles. The second-order valence-electron chi connectivity index (χ2n) is 4.06. The van der Waals surface area contributed by atoms with Gasteiger partial charge in [0.15, 0.2) is 6.29 Å². The molecule has 0 spiro atoms. The number of aliphatic hydroxyl groups excluding tert-OH is 4. The number of phosphoric acid groups is 3. The molecule has 0 aromatic heterocycles. The van der Waals surface area contributed by atoms with Crippen LogP contribution >= 0.6 is 23.5 Å². The maximum absolute atomic E-state index is 11.5. The second-order valence-corrected chi connectivity index (χ2v) is 8.44. The molecule has 1 aliphatic rings. The maximum Gasteiger partial charge on any atom is 0.490 e. The third-order valence-corrected chi connectivity index (χ3v) is 6.00. The molecule has 23 heavy (non-hydrogen) atoms. The summed E-state index contributed by atoms with van der Waals surface area (Å²) in [5.41, 5.74) is 0. The molecule has 8 N–H and O–H groups in total. The smallest absolute Gasteiger partial charge is 0.387 e. The molecule has 1 fully saturated rings. The summed E-state index contributed by atoms with van der Waals surface area (Å²) >= 11 is 0. The van der Waals surface area contributed by atoms with Gasteiger partial charge in [-0.2, -0.15) is 8.62 Å². The Morgan fingerprint density at radius 1 is 0.739 bits per heavy atom. The molecule has 0 aliphatic carbocycles. The van der Waals surface area contributed by atoms with Crippen molar-refractivity contribution in [3.05, 3.63) is 0 Å². The molecule has 1 rings (SSSR count). The standard InChI is InChI=1S/C5H13O15P3/c6-1-2(7)4(9)17-5(3(1)8)18-22(13,14)20-23(15,16)19-21(10,11)12/h1-9H,(H,13,14)(H,15,16)(H2,10,11,12)/t1-,2-,3-,4?,5?/m0/s1. The highest BCUT2D eigenvalue weighted by Gasteiger charge is 2.49. The number of rotatable bonds is 6. The minimum absolute atomic E-state index is 1.99. The minimum Gasteiger partial charge on any atom is -0.387 e. The van der Waals surface area contributed by atoms with Gasteiger partial charge in [-0.3, -0.25) is 4.52 Å². The van der Waals surface area contributed by atoms with E-state index in [0.717, 1.165) is 0 Å². The SMILES string of the molecule is O=P(O)(O)OP(=O)(O)OP(=O)(O)OC1OC(O)[C@@H](O)[C@H](O)[C@@H]1O. The van der Waals surface area contributed by atoms with Crippen molar-refractivity contribution in [2.75, 3.05) is 0 Å². The maximum atomic E-state index is 11.5. The van der Waals surface area contributed by atoms with E-state index in [0.29, 0.717) is 0 Å². The summed E-state index contributed by atoms with van der Waals surface area (Å²) in [4.78, 5) is 34.7. The molecule has 4 unspecified atom stereocenters. The van der Waals surface area contributed by atoms with E-state index in [1.165, 1.54) is 0 Å². The highest BCUT2D eigenvalue weighted by atomic mass is 31.3. The molecule has 0 aromatic carbocycles. The molecule has 138 valence electrons. The first-order valence-corrected chi connectivity index (χ1v) is 9.86. The Hall–Kier alpha value is 0.210. The third kappa shape index (κ3) is 6.55. The number of hydrogen-bond acceptors (Lipinski definition) is 11. The average molecular weight is 406 g/mol. The van der Waals surface area contributed by atoms with Gasteiger partial charge in [-0.1, -0.05) is 0 Å². The molecule has 18 heteroatoms. The number of phosphoric ester groups is 1. The molecular formula is C5H13O15P3. The van der Waals surface area contributed by atoms with Crippen LogP contribution in [0.25, 0.3) is 0 Å². The van der Waals surface area contributed by atoms with Gasteiger partial charge < -0.3 is 44.7 Å². The fraction of sp³-hybridized carbons (Fsp3) is 1.00. The topological polar surface area (TPSA) is 250 Å². The van der Waals surface area contributed by atoms with Gasteiger partial charge in [-0.15, -0.1) is 0 Å². The Balaban J connectivity index is 2.80. The molecule has 1 aliphatic heterocycles. The number of ether oxygens (including phenoxy) is 1. The molecule has 1 saturated heterocycles. The van der Waals surface area contributed by atoms with Crippen molar-refractivity contribution in [1.82, 2.24) is 0 Å². The van der Waals surface area contributed by atoms with E-state index in [4.69, 9.17) is 24.9 Å². The summed E-state index contributed by atoms with van der Waals surface area (Å²) in [5.74, 6) is 0. The molecule has 15 nitrogen and oxygen atoms in total. The van der Waals surface area contributed by atoms with E-state index in [1.54, 1.807) is 0 Å². The lowest BCUT2D eigenvalue weighted by Crippen LogP contribution is -2.57. The number of aliphatic hydroxyl groups is 4. The summed E-state index contributed by atoms with van der Waals surface area (Å²) in [6.45, 7) is 0. The normalized spacial score (nSPS) is 37.8. The van der Waals surface area contributed by atoms with Gasteiger partial charge in [0.1, 0.15) is 18.3 Å². The van der Waals surface area contributed by atoms with Crippen molar-refractivity contribution in [1.29, 1.82) is 0 Å². The lowest BCUT2D eigenvalue weighted by Gasteiger charge is -2.37. The molecule has 0 saturated carbocycles. The van der Waals surface area contributed by atoms with Crippen LogP contribution < -0.4 is 0 Å². The van der Waals surface area contributed by atoms with Crippen molar-refractivity contribution in [3.8, 4) is 0 Å². The van der Waals surface area contributed by atoms with Gasteiger partial charge in [0.2, 0.25) is 6.29 Å². The van der Waals surface area contributed by atoms with Crippen LogP contribution in [0.2, 0.25) is 0 Å². The molecule has 0 aromatic rings. The van der Waals surface area contributed by atoms with Crippen LogP contribution in [-0.2, 0) is 31.6 Å². The molecule has 7 atom stereocenters. The zero-order valence-corrected chi connectivity index (χ0v) is 13.3. The predicted molar refractivity (Wildman–Crippen MR) is 63.8 cm³/mol. The Kier molecular flexibility index (Phi) is 6.67. The van der Waals surface area contributed by atoms with Crippen LogP contribution in [0.4, 0.5) is 0 Å². The van der Waals surface area contributed by atoms with Gasteiger partial charge in [-0.25, -0.2) is 13.7 Å². The summed E-state index contributed by atoms with van der Waals surface area (Å²) < 4.78 is 48.1. The molecule has 0 radical (unpaired) electrons. The minimum atomic E-state index is -5.78. The average Bonchev–Trinajstić information content (AvgIpc) is 2.28. The van der Waals surface area contributed by atoms with Gasteiger partial charge in [0, 0.05) is 0 Å². The van der Waals surface area contributed by atoms with E-state index >= 15 is 0 Å². The highest BCUT2D eigenvalue weighted by Crippen LogP contribution is 2.66. The monoisotopic (exact) mass is 406 g/mol. The van der Waals surface area contributed by atoms with Gasteiger partial charge in [-0.05, 0) is 0 Å². The van der Waals surface area contributed by atoms with E-state index in [2.05, 4.69) is 17.9 Å². The molecular weight excluding hydrogens is 393 g/mol. The third-order valence-electron chi connectivity index (χ3n) is 2.20. The first kappa shape index (κ1) is 21.3. The lowest BCUT2D eigenvalue weighted by molar-refractivity contribution is -0.323. The van der Waals surface area contributed by atoms with Crippen LogP contribution in [0.1, 0.15) is 0 Å².